The van der Waals surface area contributed by atoms with Crippen molar-refractivity contribution in [3.05, 3.63) is 66.5 Å². The first-order chi connectivity index (χ1) is 18.7. The van der Waals surface area contributed by atoms with Gasteiger partial charge >= 0.3 is 0 Å². The van der Waals surface area contributed by atoms with Gasteiger partial charge in [-0.2, -0.15) is 0 Å². The highest BCUT2D eigenvalue weighted by molar-refractivity contribution is 7.90. The van der Waals surface area contributed by atoms with Crippen LogP contribution in [0.4, 0.5) is 5.82 Å². The minimum absolute atomic E-state index is 0.0108. The molecule has 0 amide bonds. The van der Waals surface area contributed by atoms with Gasteiger partial charge in [0.25, 0.3) is 0 Å². The number of anilines is 1. The number of aromatic nitrogens is 2. The van der Waals surface area contributed by atoms with Crippen LogP contribution in [0.1, 0.15) is 56.6 Å². The summed E-state index contributed by atoms with van der Waals surface area (Å²) in [5.74, 6) is 1.43. The molecule has 2 heterocycles. The van der Waals surface area contributed by atoms with Crippen molar-refractivity contribution in [1.82, 2.24) is 19.6 Å². The molecule has 5 rings (SSSR count). The molecular weight excluding hydrogens is 508 g/mol. The number of allylic oxidation sites excluding steroid dienone is 3. The minimum Gasteiger partial charge on any atom is -0.383 e. The molecule has 0 spiro atoms. The average molecular weight is 547 g/mol. The van der Waals surface area contributed by atoms with E-state index in [-0.39, 0.29) is 23.4 Å². The third-order valence-corrected chi connectivity index (χ3v) is 9.41. The maximum Gasteiger partial charge on any atom is 0.214 e. The number of nitrogens with zero attached hydrogens (tertiary/aromatic N) is 4. The van der Waals surface area contributed by atoms with Crippen LogP contribution in [0, 0.1) is 0 Å². The number of nitrogens with one attached hydrogen (secondary N) is 2. The number of hydrogen-bond acceptors (Lipinski definition) is 7. The summed E-state index contributed by atoms with van der Waals surface area (Å²) in [6, 6.07) is 8.52. The topological polar surface area (TPSA) is 99.6 Å². The van der Waals surface area contributed by atoms with Crippen molar-refractivity contribution in [1.29, 1.82) is 0 Å². The van der Waals surface area contributed by atoms with Crippen LogP contribution in [0.15, 0.2) is 60.4 Å². The summed E-state index contributed by atoms with van der Waals surface area (Å²) < 4.78 is 27.7. The fourth-order valence-electron chi connectivity index (χ4n) is 5.16. The fraction of sp³-hybridized carbons (Fsp3) is 0.433. The Kier molecular flexibility index (Phi) is 8.00. The van der Waals surface area contributed by atoms with E-state index in [9.17, 15) is 8.42 Å². The van der Waals surface area contributed by atoms with Gasteiger partial charge in [-0.15, -0.1) is 0 Å². The molecule has 3 aliphatic rings. The van der Waals surface area contributed by atoms with E-state index < -0.39 is 10.0 Å². The molecule has 2 aromatic rings. The van der Waals surface area contributed by atoms with Crippen LogP contribution >= 0.6 is 0 Å². The Morgan fingerprint density at radius 2 is 1.85 bits per heavy atom. The van der Waals surface area contributed by atoms with Crippen LogP contribution in [-0.4, -0.2) is 67.0 Å². The van der Waals surface area contributed by atoms with Crippen molar-refractivity contribution in [2.75, 3.05) is 19.4 Å². The third-order valence-electron chi connectivity index (χ3n) is 7.40. The Morgan fingerprint density at radius 1 is 1.10 bits per heavy atom. The van der Waals surface area contributed by atoms with Crippen molar-refractivity contribution in [3.63, 3.8) is 0 Å². The fourth-order valence-corrected chi connectivity index (χ4v) is 6.81. The molecule has 0 radical (unpaired) electrons. The van der Waals surface area contributed by atoms with Crippen LogP contribution < -0.4 is 10.0 Å². The Balaban J connectivity index is 1.38. The zero-order valence-corrected chi connectivity index (χ0v) is 23.8. The van der Waals surface area contributed by atoms with Crippen LogP contribution in [0.2, 0.25) is 0 Å². The summed E-state index contributed by atoms with van der Waals surface area (Å²) in [4.78, 5) is 16.3. The van der Waals surface area contributed by atoms with Crippen LogP contribution in [0.5, 0.6) is 0 Å². The van der Waals surface area contributed by atoms with Gasteiger partial charge in [0.1, 0.15) is 5.82 Å². The van der Waals surface area contributed by atoms with Crippen molar-refractivity contribution in [2.24, 2.45) is 4.99 Å². The lowest BCUT2D eigenvalue weighted by Crippen LogP contribution is -2.41. The highest BCUT2D eigenvalue weighted by Gasteiger charge is 2.37. The van der Waals surface area contributed by atoms with Gasteiger partial charge in [0.15, 0.2) is 5.82 Å². The van der Waals surface area contributed by atoms with E-state index in [1.54, 1.807) is 0 Å². The van der Waals surface area contributed by atoms with Crippen LogP contribution in [0.25, 0.3) is 22.5 Å². The lowest BCUT2D eigenvalue weighted by atomic mass is 9.91. The monoisotopic (exact) mass is 546 g/mol. The Hall–Kier alpha value is -3.30. The molecule has 2 N–H and O–H groups in total. The smallest absolute Gasteiger partial charge is 0.214 e. The van der Waals surface area contributed by atoms with Crippen LogP contribution in [0.3, 0.4) is 0 Å². The second-order valence-corrected chi connectivity index (χ2v) is 13.0. The molecule has 206 valence electrons. The molecule has 2 saturated carbocycles. The van der Waals surface area contributed by atoms with E-state index in [0.29, 0.717) is 5.82 Å². The molecular formula is C30H38N6O2S. The maximum atomic E-state index is 12.4. The number of benzene rings is 1. The molecule has 8 nitrogen and oxygen atoms in total. The summed E-state index contributed by atoms with van der Waals surface area (Å²) in [5, 5.41) is 3.50. The third kappa shape index (κ3) is 6.65. The first-order valence-electron chi connectivity index (χ1n) is 13.7. The van der Waals surface area contributed by atoms with Crippen molar-refractivity contribution in [2.45, 2.75) is 68.8 Å². The van der Waals surface area contributed by atoms with Gasteiger partial charge in [-0.1, -0.05) is 36.9 Å². The summed E-state index contributed by atoms with van der Waals surface area (Å²) >= 11 is 0. The maximum absolute atomic E-state index is 12.4. The first-order valence-corrected chi connectivity index (χ1v) is 15.3. The largest absolute Gasteiger partial charge is 0.383 e. The molecule has 39 heavy (non-hydrogen) atoms. The van der Waals surface area contributed by atoms with E-state index in [1.165, 1.54) is 0 Å². The molecule has 2 aliphatic carbocycles. The predicted molar refractivity (Wildman–Crippen MR) is 160 cm³/mol. The number of aliphatic imine (C=N–C) groups is 1. The molecule has 1 unspecified atom stereocenters. The van der Waals surface area contributed by atoms with E-state index in [2.05, 4.69) is 46.7 Å². The second kappa shape index (κ2) is 11.4. The van der Waals surface area contributed by atoms with Crippen molar-refractivity contribution in [3.8, 4) is 11.4 Å². The SMILES string of the molecule is C=C/C(=C\N(C)C)c1cccc(-c2ncc(C3=CC(C)N=C3)c(N[C@H]3CC[C@@H](NS(=O)(=O)C4CC4)CC3)n2)c1. The lowest BCUT2D eigenvalue weighted by Gasteiger charge is -2.30. The normalized spacial score (nSPS) is 23.4. The van der Waals surface area contributed by atoms with Gasteiger partial charge in [0.2, 0.25) is 10.0 Å². The molecule has 1 aliphatic heterocycles. The zero-order valence-electron chi connectivity index (χ0n) is 23.0. The Morgan fingerprint density at radius 3 is 2.49 bits per heavy atom. The highest BCUT2D eigenvalue weighted by Crippen LogP contribution is 2.32. The average Bonchev–Trinajstić information content (AvgIpc) is 3.70. The summed E-state index contributed by atoms with van der Waals surface area (Å²) in [6.07, 6.45) is 14.7. The second-order valence-electron chi connectivity index (χ2n) is 11.0. The van der Waals surface area contributed by atoms with Gasteiger partial charge in [0.05, 0.1) is 11.3 Å². The number of hydrogen-bond donors (Lipinski definition) is 2. The zero-order chi connectivity index (χ0) is 27.6. The molecule has 0 saturated heterocycles. The Bertz CT molecular complexity index is 1420. The molecule has 1 aromatic carbocycles. The van der Waals surface area contributed by atoms with Gasteiger partial charge < -0.3 is 10.2 Å². The lowest BCUT2D eigenvalue weighted by molar-refractivity contribution is 0.386. The predicted octanol–water partition coefficient (Wildman–Crippen LogP) is 4.89. The molecule has 1 aromatic heterocycles. The van der Waals surface area contributed by atoms with Gasteiger partial charge in [-0.3, -0.25) is 4.99 Å². The number of rotatable bonds is 10. The van der Waals surface area contributed by atoms with Crippen molar-refractivity contribution < 1.29 is 8.42 Å². The van der Waals surface area contributed by atoms with E-state index >= 15 is 0 Å². The van der Waals surface area contributed by atoms with Gasteiger partial charge in [-0.05, 0) is 62.7 Å². The summed E-state index contributed by atoms with van der Waals surface area (Å²) in [7, 11) is 0.815. The standard InChI is InChI=1S/C30H38N6O2S/c1-5-21(19-36(3)4)22-7-6-8-23(16-22)29-32-18-28(24-15-20(2)31-17-24)30(34-29)33-25-9-11-26(12-10-25)35-39(37,38)27-13-14-27/h5-8,15-20,25-27,35H,1,9-14H2,2-4H3,(H,32,33,34)/b21-19+/t20?,25-,26+. The van der Waals surface area contributed by atoms with Crippen LogP contribution in [-0.2, 0) is 10.0 Å². The summed E-state index contributed by atoms with van der Waals surface area (Å²) in [5.41, 5.74) is 4.93. The van der Waals surface area contributed by atoms with Gasteiger partial charge in [-0.25, -0.2) is 23.1 Å². The highest BCUT2D eigenvalue weighted by atomic mass is 32.2. The molecule has 1 atom stereocenters. The number of sulfonamides is 1. The summed E-state index contributed by atoms with van der Waals surface area (Å²) in [6.45, 7) is 6.03. The van der Waals surface area contributed by atoms with Crippen molar-refractivity contribution >= 4 is 33.2 Å². The first kappa shape index (κ1) is 27.3. The van der Waals surface area contributed by atoms with E-state index in [0.717, 1.165) is 72.2 Å². The van der Waals surface area contributed by atoms with Gasteiger partial charge in [0, 0.05) is 61.5 Å². The quantitative estimate of drug-likeness (QED) is 0.412. The van der Waals surface area contributed by atoms with E-state index in [1.807, 2.05) is 55.8 Å². The molecule has 0 bridgehead atoms. The Labute approximate surface area is 232 Å². The molecule has 9 heteroatoms. The molecule has 2 fully saturated rings. The minimum atomic E-state index is -3.17. The van der Waals surface area contributed by atoms with E-state index in [4.69, 9.17) is 9.97 Å².